The molecule has 3 heterocycles. The van der Waals surface area contributed by atoms with Gasteiger partial charge in [0, 0.05) is 25.8 Å². The summed E-state index contributed by atoms with van der Waals surface area (Å²) in [5.41, 5.74) is -2.63. The van der Waals surface area contributed by atoms with Crippen LogP contribution in [0.2, 0.25) is 0 Å². The summed E-state index contributed by atoms with van der Waals surface area (Å²) in [6, 6.07) is 0.549. The van der Waals surface area contributed by atoms with E-state index in [9.17, 15) is 23.1 Å². The predicted octanol–water partition coefficient (Wildman–Crippen LogP) is 1.52. The lowest BCUT2D eigenvalue weighted by atomic mass is 9.92. The third-order valence-corrected chi connectivity index (χ3v) is 5.15. The Bertz CT molecular complexity index is 663. The van der Waals surface area contributed by atoms with Crippen LogP contribution in [0.1, 0.15) is 31.4 Å². The van der Waals surface area contributed by atoms with Crippen LogP contribution < -0.4 is 5.56 Å². The highest BCUT2D eigenvalue weighted by Crippen LogP contribution is 2.27. The molecule has 0 spiro atoms. The highest BCUT2D eigenvalue weighted by atomic mass is 19.4. The summed E-state index contributed by atoms with van der Waals surface area (Å²) in [5.74, 6) is 0.208. The fourth-order valence-electron chi connectivity index (χ4n) is 3.70. The minimum atomic E-state index is -4.60. The first kappa shape index (κ1) is 19.3. The summed E-state index contributed by atoms with van der Waals surface area (Å²) in [6.45, 7) is 3.57. The lowest BCUT2D eigenvalue weighted by Crippen LogP contribution is -2.50. The highest BCUT2D eigenvalue weighted by molar-refractivity contribution is 5.03. The molecule has 0 radical (unpaired) electrons. The molecule has 1 aromatic heterocycles. The lowest BCUT2D eigenvalue weighted by Gasteiger charge is -2.39. The molecular formula is C17H24F3N3O3. The van der Waals surface area contributed by atoms with Gasteiger partial charge in [-0.15, -0.1) is 0 Å². The molecule has 3 rings (SSSR count). The van der Waals surface area contributed by atoms with E-state index >= 15 is 0 Å². The van der Waals surface area contributed by atoms with Crippen LogP contribution >= 0.6 is 0 Å². The van der Waals surface area contributed by atoms with Gasteiger partial charge in [-0.2, -0.15) is 13.2 Å². The highest BCUT2D eigenvalue weighted by Gasteiger charge is 2.34. The van der Waals surface area contributed by atoms with Crippen LogP contribution in [0.4, 0.5) is 13.2 Å². The number of hydrogen-bond donors (Lipinski definition) is 1. The standard InChI is InChI=1S/C17H24F3N3O3/c18-17(19,20)14-8-15(24)23(12-21-14)9-13-2-5-22(6-3-13)10-16(25)4-1-7-26-11-16/h8,12-13,25H,1-7,9-11H2. The molecule has 146 valence electrons. The smallest absolute Gasteiger partial charge is 0.386 e. The summed E-state index contributed by atoms with van der Waals surface area (Å²) >= 11 is 0. The van der Waals surface area contributed by atoms with Crippen molar-refractivity contribution < 1.29 is 23.0 Å². The Hall–Kier alpha value is -1.45. The molecule has 0 amide bonds. The second kappa shape index (κ2) is 7.66. The van der Waals surface area contributed by atoms with Crippen LogP contribution in [-0.4, -0.2) is 58.0 Å². The number of aromatic nitrogens is 2. The van der Waals surface area contributed by atoms with Crippen molar-refractivity contribution in [2.45, 2.75) is 44.0 Å². The molecule has 2 saturated heterocycles. The Kier molecular flexibility index (Phi) is 5.69. The van der Waals surface area contributed by atoms with Crippen molar-refractivity contribution in [3.05, 3.63) is 28.4 Å². The van der Waals surface area contributed by atoms with Crippen molar-refractivity contribution in [3.8, 4) is 0 Å². The molecule has 9 heteroatoms. The Morgan fingerprint density at radius 2 is 2.08 bits per heavy atom. The van der Waals surface area contributed by atoms with Crippen molar-refractivity contribution in [2.24, 2.45) is 5.92 Å². The molecule has 1 unspecified atom stereocenters. The average molecular weight is 375 g/mol. The van der Waals surface area contributed by atoms with Crippen LogP contribution in [0.25, 0.3) is 0 Å². The summed E-state index contributed by atoms with van der Waals surface area (Å²) in [6.07, 6.45) is -0.378. The van der Waals surface area contributed by atoms with Gasteiger partial charge in [-0.1, -0.05) is 0 Å². The second-order valence-corrected chi connectivity index (χ2v) is 7.36. The van der Waals surface area contributed by atoms with Crippen LogP contribution in [0.15, 0.2) is 17.2 Å². The van der Waals surface area contributed by atoms with E-state index in [2.05, 4.69) is 9.88 Å². The normalized spacial score (nSPS) is 26.2. The molecule has 6 nitrogen and oxygen atoms in total. The summed E-state index contributed by atoms with van der Waals surface area (Å²) in [4.78, 5) is 17.4. The van der Waals surface area contributed by atoms with E-state index in [0.29, 0.717) is 32.4 Å². The van der Waals surface area contributed by atoms with Crippen LogP contribution in [0.3, 0.4) is 0 Å². The van der Waals surface area contributed by atoms with E-state index < -0.39 is 23.0 Å². The number of alkyl halides is 3. The summed E-state index contributed by atoms with van der Waals surface area (Å²) < 4.78 is 44.4. The Balaban J connectivity index is 1.52. The van der Waals surface area contributed by atoms with Crippen molar-refractivity contribution >= 4 is 0 Å². The Morgan fingerprint density at radius 3 is 2.65 bits per heavy atom. The van der Waals surface area contributed by atoms with Crippen LogP contribution in [0, 0.1) is 5.92 Å². The predicted molar refractivity (Wildman–Crippen MR) is 87.7 cm³/mol. The first-order valence-corrected chi connectivity index (χ1v) is 8.91. The molecule has 0 saturated carbocycles. The maximum absolute atomic E-state index is 12.6. The largest absolute Gasteiger partial charge is 0.433 e. The second-order valence-electron chi connectivity index (χ2n) is 7.36. The quantitative estimate of drug-likeness (QED) is 0.864. The van der Waals surface area contributed by atoms with Gasteiger partial charge in [-0.05, 0) is 44.7 Å². The van der Waals surface area contributed by atoms with Gasteiger partial charge in [0.25, 0.3) is 5.56 Å². The van der Waals surface area contributed by atoms with Gasteiger partial charge in [0.2, 0.25) is 0 Å². The number of halogens is 3. The number of likely N-dealkylation sites (tertiary alicyclic amines) is 1. The van der Waals surface area contributed by atoms with E-state index in [1.165, 1.54) is 4.57 Å². The third kappa shape index (κ3) is 4.83. The Morgan fingerprint density at radius 1 is 1.35 bits per heavy atom. The molecule has 0 aromatic carbocycles. The minimum absolute atomic E-state index is 0.208. The molecule has 2 fully saturated rings. The third-order valence-electron chi connectivity index (χ3n) is 5.15. The number of aliphatic hydroxyl groups is 1. The van der Waals surface area contributed by atoms with Gasteiger partial charge in [0.05, 0.1) is 12.9 Å². The van der Waals surface area contributed by atoms with Gasteiger partial charge in [0.15, 0.2) is 5.69 Å². The molecule has 2 aliphatic heterocycles. The number of nitrogens with zero attached hydrogens (tertiary/aromatic N) is 3. The monoisotopic (exact) mass is 375 g/mol. The molecule has 1 N–H and O–H groups in total. The fourth-order valence-corrected chi connectivity index (χ4v) is 3.70. The summed E-state index contributed by atoms with van der Waals surface area (Å²) in [7, 11) is 0. The lowest BCUT2D eigenvalue weighted by molar-refractivity contribution is -0.141. The number of rotatable bonds is 4. The minimum Gasteiger partial charge on any atom is -0.386 e. The zero-order valence-corrected chi connectivity index (χ0v) is 14.5. The average Bonchev–Trinajstić information content (AvgIpc) is 2.58. The van der Waals surface area contributed by atoms with Crippen molar-refractivity contribution in [3.63, 3.8) is 0 Å². The van der Waals surface area contributed by atoms with Crippen molar-refractivity contribution in [1.29, 1.82) is 0 Å². The van der Waals surface area contributed by atoms with E-state index in [4.69, 9.17) is 4.74 Å². The van der Waals surface area contributed by atoms with Gasteiger partial charge in [0.1, 0.15) is 5.60 Å². The van der Waals surface area contributed by atoms with E-state index in [-0.39, 0.29) is 5.92 Å². The molecule has 1 atom stereocenters. The zero-order valence-electron chi connectivity index (χ0n) is 14.5. The number of hydrogen-bond acceptors (Lipinski definition) is 5. The molecule has 0 bridgehead atoms. The number of β-amino-alcohol motifs (C(OH)–C–C–N with tert-alkyl or cyclic N) is 1. The van der Waals surface area contributed by atoms with Gasteiger partial charge >= 0.3 is 6.18 Å². The van der Waals surface area contributed by atoms with Crippen molar-refractivity contribution in [1.82, 2.24) is 14.5 Å². The Labute approximate surface area is 149 Å². The first-order chi connectivity index (χ1) is 12.3. The summed E-state index contributed by atoms with van der Waals surface area (Å²) in [5, 5.41) is 10.5. The molecule has 26 heavy (non-hydrogen) atoms. The van der Waals surface area contributed by atoms with E-state index in [1.54, 1.807) is 0 Å². The first-order valence-electron chi connectivity index (χ1n) is 8.91. The zero-order chi connectivity index (χ0) is 18.8. The SMILES string of the molecule is O=c1cc(C(F)(F)F)ncn1CC1CCN(CC2(O)CCCOC2)CC1. The van der Waals surface area contributed by atoms with E-state index in [0.717, 1.165) is 45.1 Å². The molecule has 1 aromatic rings. The molecule has 0 aliphatic carbocycles. The number of piperidine rings is 1. The maximum Gasteiger partial charge on any atom is 0.433 e. The van der Waals surface area contributed by atoms with Gasteiger partial charge in [-0.3, -0.25) is 9.36 Å². The van der Waals surface area contributed by atoms with E-state index in [1.807, 2.05) is 0 Å². The van der Waals surface area contributed by atoms with Gasteiger partial charge in [-0.25, -0.2) is 4.98 Å². The molecule has 2 aliphatic rings. The fraction of sp³-hybridized carbons (Fsp3) is 0.765. The number of ether oxygens (including phenoxy) is 1. The van der Waals surface area contributed by atoms with Gasteiger partial charge < -0.3 is 14.7 Å². The maximum atomic E-state index is 12.6. The molecular weight excluding hydrogens is 351 g/mol. The van der Waals surface area contributed by atoms with Crippen LogP contribution in [-0.2, 0) is 17.5 Å². The van der Waals surface area contributed by atoms with Crippen molar-refractivity contribution in [2.75, 3.05) is 32.8 Å². The van der Waals surface area contributed by atoms with Crippen LogP contribution in [0.5, 0.6) is 0 Å². The topological polar surface area (TPSA) is 67.6 Å².